The Hall–Kier alpha value is -1.10. The van der Waals surface area contributed by atoms with E-state index in [0.717, 1.165) is 41.7 Å². The molecule has 1 aliphatic rings. The van der Waals surface area contributed by atoms with Gasteiger partial charge in [0, 0.05) is 35.1 Å². The largest absolute Gasteiger partial charge is 0.492 e. The molecule has 1 aromatic heterocycles. The van der Waals surface area contributed by atoms with Crippen LogP contribution < -0.4 is 4.74 Å². The standard InChI is InChI=1S/C14H15ClN2OS/c1-10-14(19-9-16-10)8-17-4-5-18-13-3-2-12(15)6-11(13)7-17/h2-3,6,9H,4-5,7-8H2,1H3. The lowest BCUT2D eigenvalue weighted by Crippen LogP contribution is -2.25. The SMILES string of the molecule is Cc1ncsc1CN1CCOc2ccc(Cl)cc2C1. The second-order valence-electron chi connectivity index (χ2n) is 4.67. The van der Waals surface area contributed by atoms with Crippen LogP contribution in [0.5, 0.6) is 5.75 Å². The Morgan fingerprint density at radius 1 is 1.47 bits per heavy atom. The number of ether oxygens (including phenoxy) is 1. The van der Waals surface area contributed by atoms with Gasteiger partial charge in [0.1, 0.15) is 12.4 Å². The lowest BCUT2D eigenvalue weighted by Gasteiger charge is -2.18. The highest BCUT2D eigenvalue weighted by Crippen LogP contribution is 2.27. The molecular weight excluding hydrogens is 280 g/mol. The van der Waals surface area contributed by atoms with Gasteiger partial charge in [-0.25, -0.2) is 4.98 Å². The number of hydrogen-bond donors (Lipinski definition) is 0. The van der Waals surface area contributed by atoms with Crippen molar-refractivity contribution in [2.24, 2.45) is 0 Å². The average Bonchev–Trinajstić information content (AvgIpc) is 2.67. The van der Waals surface area contributed by atoms with Gasteiger partial charge in [-0.1, -0.05) is 11.6 Å². The summed E-state index contributed by atoms with van der Waals surface area (Å²) in [5, 5.41) is 0.762. The number of fused-ring (bicyclic) bond motifs is 1. The molecule has 0 saturated carbocycles. The van der Waals surface area contributed by atoms with E-state index in [9.17, 15) is 0 Å². The van der Waals surface area contributed by atoms with Crippen LogP contribution in [0.2, 0.25) is 5.02 Å². The van der Waals surface area contributed by atoms with E-state index < -0.39 is 0 Å². The smallest absolute Gasteiger partial charge is 0.123 e. The van der Waals surface area contributed by atoms with Crippen molar-refractivity contribution in [3.05, 3.63) is 44.9 Å². The molecule has 0 amide bonds. The number of thiazole rings is 1. The monoisotopic (exact) mass is 294 g/mol. The van der Waals surface area contributed by atoms with Crippen LogP contribution in [-0.4, -0.2) is 23.0 Å². The molecule has 100 valence electrons. The fraction of sp³-hybridized carbons (Fsp3) is 0.357. The lowest BCUT2D eigenvalue weighted by atomic mass is 10.2. The molecule has 0 aliphatic carbocycles. The molecule has 2 aromatic rings. The second-order valence-corrected chi connectivity index (χ2v) is 6.05. The maximum Gasteiger partial charge on any atom is 0.123 e. The van der Waals surface area contributed by atoms with Crippen LogP contribution in [0.4, 0.5) is 0 Å². The Morgan fingerprint density at radius 3 is 3.16 bits per heavy atom. The molecule has 0 atom stereocenters. The summed E-state index contributed by atoms with van der Waals surface area (Å²) in [4.78, 5) is 8.01. The van der Waals surface area contributed by atoms with Crippen molar-refractivity contribution in [1.82, 2.24) is 9.88 Å². The van der Waals surface area contributed by atoms with Crippen LogP contribution in [0.15, 0.2) is 23.7 Å². The third kappa shape index (κ3) is 2.91. The zero-order valence-corrected chi connectivity index (χ0v) is 12.3. The van der Waals surface area contributed by atoms with Crippen LogP contribution in [-0.2, 0) is 13.1 Å². The minimum absolute atomic E-state index is 0.715. The van der Waals surface area contributed by atoms with Crippen molar-refractivity contribution < 1.29 is 4.74 Å². The summed E-state index contributed by atoms with van der Waals surface area (Å²) in [6.45, 7) is 5.49. The molecule has 3 rings (SSSR count). The molecule has 0 radical (unpaired) electrons. The molecule has 0 saturated heterocycles. The lowest BCUT2D eigenvalue weighted by molar-refractivity contribution is 0.220. The van der Waals surface area contributed by atoms with Crippen molar-refractivity contribution >= 4 is 22.9 Å². The molecule has 1 aromatic carbocycles. The van der Waals surface area contributed by atoms with Crippen molar-refractivity contribution in [3.8, 4) is 5.75 Å². The fourth-order valence-electron chi connectivity index (χ4n) is 2.23. The number of aromatic nitrogens is 1. The normalized spacial score (nSPS) is 15.7. The molecule has 0 fully saturated rings. The average molecular weight is 295 g/mol. The summed E-state index contributed by atoms with van der Waals surface area (Å²) in [6.07, 6.45) is 0. The van der Waals surface area contributed by atoms with E-state index in [2.05, 4.69) is 16.8 Å². The van der Waals surface area contributed by atoms with E-state index in [0.29, 0.717) is 6.61 Å². The quantitative estimate of drug-likeness (QED) is 0.848. The topological polar surface area (TPSA) is 25.4 Å². The second kappa shape index (κ2) is 5.49. The maximum atomic E-state index is 6.06. The number of halogens is 1. The Labute approximate surface area is 121 Å². The number of nitrogens with zero attached hydrogens (tertiary/aromatic N) is 2. The van der Waals surface area contributed by atoms with E-state index in [1.54, 1.807) is 11.3 Å². The summed E-state index contributed by atoms with van der Waals surface area (Å²) in [6, 6.07) is 5.83. The number of aryl methyl sites for hydroxylation is 1. The van der Waals surface area contributed by atoms with Gasteiger partial charge in [-0.2, -0.15) is 0 Å². The van der Waals surface area contributed by atoms with Gasteiger partial charge in [-0.3, -0.25) is 4.90 Å². The minimum atomic E-state index is 0.715. The first-order chi connectivity index (χ1) is 9.22. The Bertz CT molecular complexity index is 585. The molecule has 3 nitrogen and oxygen atoms in total. The van der Waals surface area contributed by atoms with E-state index in [4.69, 9.17) is 16.3 Å². The van der Waals surface area contributed by atoms with Crippen molar-refractivity contribution in [3.63, 3.8) is 0 Å². The van der Waals surface area contributed by atoms with Crippen molar-refractivity contribution in [2.75, 3.05) is 13.2 Å². The minimum Gasteiger partial charge on any atom is -0.492 e. The van der Waals surface area contributed by atoms with Gasteiger partial charge in [0.25, 0.3) is 0 Å². The summed E-state index contributed by atoms with van der Waals surface area (Å²) in [5.74, 6) is 0.952. The molecule has 0 spiro atoms. The maximum absolute atomic E-state index is 6.06. The first kappa shape index (κ1) is 12.9. The highest BCUT2D eigenvalue weighted by atomic mass is 35.5. The molecule has 5 heteroatoms. The van der Waals surface area contributed by atoms with E-state index in [-0.39, 0.29) is 0 Å². The van der Waals surface area contributed by atoms with Gasteiger partial charge < -0.3 is 4.74 Å². The van der Waals surface area contributed by atoms with Gasteiger partial charge >= 0.3 is 0 Å². The highest BCUT2D eigenvalue weighted by Gasteiger charge is 2.17. The first-order valence-electron chi connectivity index (χ1n) is 6.25. The summed E-state index contributed by atoms with van der Waals surface area (Å²) < 4.78 is 5.77. The van der Waals surface area contributed by atoms with Crippen LogP contribution in [0.1, 0.15) is 16.1 Å². The van der Waals surface area contributed by atoms with E-state index >= 15 is 0 Å². The molecule has 1 aliphatic heterocycles. The molecule has 0 unspecified atom stereocenters. The number of benzene rings is 1. The third-order valence-electron chi connectivity index (χ3n) is 3.29. The number of hydrogen-bond acceptors (Lipinski definition) is 4. The zero-order chi connectivity index (χ0) is 13.2. The van der Waals surface area contributed by atoms with Crippen molar-refractivity contribution in [2.45, 2.75) is 20.0 Å². The summed E-state index contributed by atoms with van der Waals surface area (Å²) in [5.41, 5.74) is 4.19. The Balaban J connectivity index is 1.80. The van der Waals surface area contributed by atoms with Gasteiger partial charge in [0.15, 0.2) is 0 Å². The van der Waals surface area contributed by atoms with E-state index in [1.165, 1.54) is 4.88 Å². The summed E-state index contributed by atoms with van der Waals surface area (Å²) >= 11 is 7.78. The van der Waals surface area contributed by atoms with Gasteiger partial charge in [0.05, 0.1) is 11.2 Å². The zero-order valence-electron chi connectivity index (χ0n) is 10.7. The third-order valence-corrected chi connectivity index (χ3v) is 4.45. The molecule has 2 heterocycles. The molecule has 0 bridgehead atoms. The Morgan fingerprint density at radius 2 is 2.37 bits per heavy atom. The predicted molar refractivity (Wildman–Crippen MR) is 77.9 cm³/mol. The highest BCUT2D eigenvalue weighted by molar-refractivity contribution is 7.09. The first-order valence-corrected chi connectivity index (χ1v) is 7.50. The number of rotatable bonds is 2. The van der Waals surface area contributed by atoms with Crippen LogP contribution in [0.3, 0.4) is 0 Å². The predicted octanol–water partition coefficient (Wildman–Crippen LogP) is 3.50. The van der Waals surface area contributed by atoms with Crippen LogP contribution in [0.25, 0.3) is 0 Å². The van der Waals surface area contributed by atoms with Gasteiger partial charge in [0.2, 0.25) is 0 Å². The fourth-order valence-corrected chi connectivity index (χ4v) is 3.25. The van der Waals surface area contributed by atoms with Crippen LogP contribution in [0, 0.1) is 6.92 Å². The van der Waals surface area contributed by atoms with Crippen LogP contribution >= 0.6 is 22.9 Å². The van der Waals surface area contributed by atoms with Crippen molar-refractivity contribution in [1.29, 1.82) is 0 Å². The van der Waals surface area contributed by atoms with Gasteiger partial charge in [-0.15, -0.1) is 11.3 Å². The van der Waals surface area contributed by atoms with E-state index in [1.807, 2.05) is 23.7 Å². The molecular formula is C14H15ClN2OS. The van der Waals surface area contributed by atoms with Gasteiger partial charge in [-0.05, 0) is 25.1 Å². The molecule has 19 heavy (non-hydrogen) atoms. The Kier molecular flexibility index (Phi) is 3.73. The summed E-state index contributed by atoms with van der Waals surface area (Å²) in [7, 11) is 0. The molecule has 0 N–H and O–H groups in total.